The molecule has 2 aliphatic heterocycles. The van der Waals surface area contributed by atoms with Gasteiger partial charge in [0.25, 0.3) is 0 Å². The number of fused-ring (bicyclic) bond motifs is 1. The molecule has 0 aromatic heterocycles. The van der Waals surface area contributed by atoms with E-state index < -0.39 is 5.60 Å². The average Bonchev–Trinajstić information content (AvgIpc) is 2.46. The molecule has 2 atom stereocenters. The lowest BCUT2D eigenvalue weighted by Gasteiger charge is -2.45. The van der Waals surface area contributed by atoms with Crippen LogP contribution in [0.5, 0.6) is 0 Å². The quantitative estimate of drug-likeness (QED) is 0.908. The van der Waals surface area contributed by atoms with Crippen LogP contribution in [0.4, 0.5) is 5.69 Å². The zero-order valence-electron chi connectivity index (χ0n) is 13.0. The van der Waals surface area contributed by atoms with E-state index in [-0.39, 0.29) is 24.6 Å². The van der Waals surface area contributed by atoms with Crippen LogP contribution in [0.15, 0.2) is 36.0 Å². The number of hydrogen-bond donors (Lipinski definition) is 1. The number of nitrogens with zero attached hydrogens (tertiary/aromatic N) is 1. The number of ether oxygens (including phenoxy) is 2. The number of hydrazine groups is 1. The van der Waals surface area contributed by atoms with Crippen molar-refractivity contribution in [1.29, 1.82) is 0 Å². The summed E-state index contributed by atoms with van der Waals surface area (Å²) in [6.07, 6.45) is 2.72. The number of methoxy groups -OCH3 is 1. The molecule has 1 amide bonds. The van der Waals surface area contributed by atoms with Crippen molar-refractivity contribution in [3.8, 4) is 0 Å². The van der Waals surface area contributed by atoms with Crippen LogP contribution in [0, 0.1) is 6.92 Å². The van der Waals surface area contributed by atoms with E-state index in [0.717, 1.165) is 16.9 Å². The monoisotopic (exact) mass is 324 g/mol. The number of anilines is 1. The molecule has 6 heteroatoms. The summed E-state index contributed by atoms with van der Waals surface area (Å²) in [6, 6.07) is 7.85. The summed E-state index contributed by atoms with van der Waals surface area (Å²) in [5, 5.41) is 1.59. The first-order valence-electron chi connectivity index (χ1n) is 7.09. The van der Waals surface area contributed by atoms with Crippen molar-refractivity contribution in [1.82, 2.24) is 5.43 Å². The van der Waals surface area contributed by atoms with E-state index in [1.807, 2.05) is 44.2 Å². The number of aryl methyl sites for hydroxylation is 1. The first-order valence-corrected chi connectivity index (χ1v) is 7.09. The average molecular weight is 325 g/mol. The van der Waals surface area contributed by atoms with Crippen molar-refractivity contribution in [2.24, 2.45) is 0 Å². The maximum atomic E-state index is 12.5. The zero-order chi connectivity index (χ0) is 15.0. The second kappa shape index (κ2) is 6.28. The Morgan fingerprint density at radius 3 is 2.68 bits per heavy atom. The van der Waals surface area contributed by atoms with E-state index in [9.17, 15) is 4.79 Å². The molecule has 1 N–H and O–H groups in total. The Morgan fingerprint density at radius 2 is 2.05 bits per heavy atom. The van der Waals surface area contributed by atoms with Gasteiger partial charge in [0.2, 0.25) is 5.91 Å². The first-order chi connectivity index (χ1) is 10.0. The Hall–Kier alpha value is -1.56. The molecule has 0 spiro atoms. The smallest absolute Gasteiger partial charge is 0.248 e. The number of nitrogens with one attached hydrogen (secondary N) is 1. The van der Waals surface area contributed by atoms with E-state index in [1.165, 1.54) is 0 Å². The fourth-order valence-electron chi connectivity index (χ4n) is 2.73. The third-order valence-corrected chi connectivity index (χ3v) is 4.00. The predicted molar refractivity (Wildman–Crippen MR) is 86.7 cm³/mol. The van der Waals surface area contributed by atoms with Gasteiger partial charge in [-0.05, 0) is 26.0 Å². The van der Waals surface area contributed by atoms with Crippen LogP contribution in [0.2, 0.25) is 0 Å². The number of hydrogen-bond acceptors (Lipinski definition) is 4. The lowest BCUT2D eigenvalue weighted by molar-refractivity contribution is -0.194. The van der Waals surface area contributed by atoms with Crippen molar-refractivity contribution in [3.63, 3.8) is 0 Å². The van der Waals surface area contributed by atoms with Crippen molar-refractivity contribution in [3.05, 3.63) is 41.6 Å². The summed E-state index contributed by atoms with van der Waals surface area (Å²) in [5.74, 6) is -0.0183. The molecular formula is C16H21ClN2O3. The van der Waals surface area contributed by atoms with Gasteiger partial charge >= 0.3 is 0 Å². The van der Waals surface area contributed by atoms with Crippen molar-refractivity contribution in [2.75, 3.05) is 12.1 Å². The Morgan fingerprint density at radius 1 is 1.36 bits per heavy atom. The van der Waals surface area contributed by atoms with Gasteiger partial charge in [0.1, 0.15) is 5.60 Å². The summed E-state index contributed by atoms with van der Waals surface area (Å²) < 4.78 is 11.1. The Kier molecular flexibility index (Phi) is 4.80. The molecule has 2 heterocycles. The minimum atomic E-state index is -0.642. The molecule has 2 aliphatic rings. The summed E-state index contributed by atoms with van der Waals surface area (Å²) >= 11 is 0. The molecule has 0 aliphatic carbocycles. The number of benzene rings is 1. The third-order valence-electron chi connectivity index (χ3n) is 4.00. The molecule has 0 unspecified atom stereocenters. The van der Waals surface area contributed by atoms with Gasteiger partial charge in [0.15, 0.2) is 6.29 Å². The topological polar surface area (TPSA) is 50.8 Å². The summed E-state index contributed by atoms with van der Waals surface area (Å²) in [5.41, 5.74) is 5.46. The number of amides is 1. The van der Waals surface area contributed by atoms with Crippen LogP contribution < -0.4 is 10.4 Å². The van der Waals surface area contributed by atoms with Gasteiger partial charge in [-0.15, -0.1) is 12.4 Å². The molecule has 22 heavy (non-hydrogen) atoms. The summed E-state index contributed by atoms with van der Waals surface area (Å²) in [6.45, 7) is 3.94. The van der Waals surface area contributed by atoms with Gasteiger partial charge in [-0.25, -0.2) is 5.01 Å². The van der Waals surface area contributed by atoms with E-state index >= 15 is 0 Å². The minimum absolute atomic E-state index is 0. The van der Waals surface area contributed by atoms with Gasteiger partial charge < -0.3 is 9.47 Å². The highest BCUT2D eigenvalue weighted by molar-refractivity contribution is 5.95. The normalized spacial score (nSPS) is 27.4. The maximum absolute atomic E-state index is 12.5. The minimum Gasteiger partial charge on any atom is -0.356 e. The molecule has 120 valence electrons. The summed E-state index contributed by atoms with van der Waals surface area (Å²) in [4.78, 5) is 12.5. The number of carbonyl (C=O) groups excluding carboxylic acids is 1. The Bertz CT molecular complexity index is 588. The largest absolute Gasteiger partial charge is 0.356 e. The van der Waals surface area contributed by atoms with E-state index in [0.29, 0.717) is 12.8 Å². The molecule has 3 rings (SSSR count). The highest BCUT2D eigenvalue weighted by Gasteiger charge is 2.44. The SMILES string of the molecule is CO[C@@H]1CC=C2NN(c3ccc(C)cc3)C(=O)C[C@]2(C)O1.Cl. The first kappa shape index (κ1) is 16.8. The van der Waals surface area contributed by atoms with Crippen LogP contribution in [-0.2, 0) is 14.3 Å². The lowest BCUT2D eigenvalue weighted by Crippen LogP contribution is -2.59. The van der Waals surface area contributed by atoms with Gasteiger partial charge in [0, 0.05) is 13.5 Å². The van der Waals surface area contributed by atoms with Crippen molar-refractivity contribution < 1.29 is 14.3 Å². The molecule has 0 bridgehead atoms. The number of rotatable bonds is 2. The second-order valence-electron chi connectivity index (χ2n) is 5.72. The van der Waals surface area contributed by atoms with Gasteiger partial charge in [0.05, 0.1) is 17.8 Å². The zero-order valence-corrected chi connectivity index (χ0v) is 13.8. The van der Waals surface area contributed by atoms with Crippen LogP contribution in [0.25, 0.3) is 0 Å². The molecule has 0 radical (unpaired) electrons. The number of carbonyl (C=O) groups is 1. The number of halogens is 1. The van der Waals surface area contributed by atoms with Gasteiger partial charge in [-0.3, -0.25) is 10.2 Å². The molecule has 1 aromatic carbocycles. The second-order valence-corrected chi connectivity index (χ2v) is 5.72. The van der Waals surface area contributed by atoms with E-state index in [4.69, 9.17) is 9.47 Å². The molecule has 1 fully saturated rings. The predicted octanol–water partition coefficient (Wildman–Crippen LogP) is 2.69. The molecular weight excluding hydrogens is 304 g/mol. The molecule has 0 saturated carbocycles. The van der Waals surface area contributed by atoms with Crippen molar-refractivity contribution in [2.45, 2.75) is 38.6 Å². The van der Waals surface area contributed by atoms with E-state index in [2.05, 4.69) is 5.43 Å². The fourth-order valence-corrected chi connectivity index (χ4v) is 2.73. The van der Waals surface area contributed by atoms with E-state index in [1.54, 1.807) is 12.1 Å². The summed E-state index contributed by atoms with van der Waals surface area (Å²) in [7, 11) is 1.61. The van der Waals surface area contributed by atoms with Crippen molar-refractivity contribution >= 4 is 24.0 Å². The highest BCUT2D eigenvalue weighted by atomic mass is 35.5. The Balaban J connectivity index is 0.00000176. The van der Waals surface area contributed by atoms with Crippen LogP contribution in [0.1, 0.15) is 25.3 Å². The molecule has 1 saturated heterocycles. The third kappa shape index (κ3) is 2.97. The van der Waals surface area contributed by atoms with Crippen LogP contribution >= 0.6 is 12.4 Å². The van der Waals surface area contributed by atoms with Crippen LogP contribution in [-0.4, -0.2) is 24.9 Å². The highest BCUT2D eigenvalue weighted by Crippen LogP contribution is 2.36. The molecule has 5 nitrogen and oxygen atoms in total. The van der Waals surface area contributed by atoms with Gasteiger partial charge in [-0.1, -0.05) is 23.8 Å². The maximum Gasteiger partial charge on any atom is 0.248 e. The van der Waals surface area contributed by atoms with Crippen LogP contribution in [0.3, 0.4) is 0 Å². The lowest BCUT2D eigenvalue weighted by atomic mass is 9.92. The fraction of sp³-hybridized carbons (Fsp3) is 0.438. The standard InChI is InChI=1S/C16H20N2O3.ClH/c1-11-4-6-12(7-5-11)18-14(19)10-16(2)13(17-18)8-9-15(20-3)21-16;/h4-8,15,17H,9-10H2,1-3H3;1H/t15-,16-;/m0./s1. The Labute approximate surface area is 136 Å². The molecule has 1 aromatic rings. The van der Waals surface area contributed by atoms with Gasteiger partial charge in [-0.2, -0.15) is 0 Å².